The van der Waals surface area contributed by atoms with E-state index in [0.29, 0.717) is 23.0 Å². The van der Waals surface area contributed by atoms with E-state index >= 15 is 0 Å². The fourth-order valence-corrected chi connectivity index (χ4v) is 1.85. The van der Waals surface area contributed by atoms with Gasteiger partial charge in [0.2, 0.25) is 0 Å². The Morgan fingerprint density at radius 3 is 2.71 bits per heavy atom. The lowest BCUT2D eigenvalue weighted by Crippen LogP contribution is -2.16. The minimum absolute atomic E-state index is 0.371. The van der Waals surface area contributed by atoms with Gasteiger partial charge in [-0.3, -0.25) is 0 Å². The zero-order valence-electron chi connectivity index (χ0n) is 7.50. The summed E-state index contributed by atoms with van der Waals surface area (Å²) in [6.45, 7) is 0.392. The van der Waals surface area contributed by atoms with Crippen LogP contribution in [0.15, 0.2) is 16.6 Å². The van der Waals surface area contributed by atoms with Crippen LogP contribution in [0.2, 0.25) is 0 Å². The Bertz CT molecular complexity index is 333. The Hall–Kier alpha value is -0.650. The van der Waals surface area contributed by atoms with Crippen molar-refractivity contribution in [2.45, 2.75) is 12.5 Å². The van der Waals surface area contributed by atoms with E-state index < -0.39 is 17.6 Å². The fourth-order valence-electron chi connectivity index (χ4n) is 1.23. The summed E-state index contributed by atoms with van der Waals surface area (Å²) in [5.41, 5.74) is 11.4. The van der Waals surface area contributed by atoms with Gasteiger partial charge in [0.05, 0.1) is 0 Å². The van der Waals surface area contributed by atoms with Crippen LogP contribution in [-0.4, -0.2) is 11.7 Å². The molecule has 0 saturated heterocycles. The highest BCUT2D eigenvalue weighted by Crippen LogP contribution is 2.33. The lowest BCUT2D eigenvalue weighted by molar-refractivity contribution is 0.418. The average molecular weight is 263 g/mol. The van der Waals surface area contributed by atoms with Gasteiger partial charge in [0, 0.05) is 16.1 Å². The summed E-state index contributed by atoms with van der Waals surface area (Å²) < 4.78 is 13.6. The van der Waals surface area contributed by atoms with Crippen LogP contribution in [0.4, 0.5) is 4.39 Å². The number of hydrogen-bond acceptors (Lipinski definition) is 3. The standard InChI is InChI=1S/C9H12BrFN2O/c10-5-1-2-6(11)9(14)8(5)7(13)3-4-12/h1-2,7,14H,3-4,12-13H2/t7-/m1/s1. The van der Waals surface area contributed by atoms with Crippen molar-refractivity contribution in [1.29, 1.82) is 0 Å². The Labute approximate surface area is 90.0 Å². The maximum Gasteiger partial charge on any atom is 0.165 e. The summed E-state index contributed by atoms with van der Waals surface area (Å²) >= 11 is 3.20. The summed E-state index contributed by atoms with van der Waals surface area (Å²) in [5, 5.41) is 9.45. The van der Waals surface area contributed by atoms with Crippen molar-refractivity contribution in [3.05, 3.63) is 28.0 Å². The number of halogens is 2. The molecule has 0 aromatic heterocycles. The molecule has 0 aliphatic rings. The van der Waals surface area contributed by atoms with Gasteiger partial charge in [-0.05, 0) is 25.1 Å². The molecule has 0 fully saturated rings. The largest absolute Gasteiger partial charge is 0.505 e. The first-order valence-electron chi connectivity index (χ1n) is 4.20. The molecule has 3 nitrogen and oxygen atoms in total. The predicted octanol–water partition coefficient (Wildman–Crippen LogP) is 1.64. The highest BCUT2D eigenvalue weighted by Gasteiger charge is 2.17. The van der Waals surface area contributed by atoms with Crippen LogP contribution >= 0.6 is 15.9 Å². The summed E-state index contributed by atoms with van der Waals surface area (Å²) in [5.74, 6) is -1.07. The first-order chi connectivity index (χ1) is 6.57. The fraction of sp³-hybridized carbons (Fsp3) is 0.333. The van der Waals surface area contributed by atoms with Crippen LogP contribution in [0, 0.1) is 5.82 Å². The van der Waals surface area contributed by atoms with Gasteiger partial charge >= 0.3 is 0 Å². The molecule has 0 amide bonds. The smallest absolute Gasteiger partial charge is 0.165 e. The van der Waals surface area contributed by atoms with Gasteiger partial charge in [-0.2, -0.15) is 0 Å². The maximum absolute atomic E-state index is 13.0. The number of rotatable bonds is 3. The molecule has 0 aliphatic heterocycles. The molecule has 0 heterocycles. The number of nitrogens with two attached hydrogens (primary N) is 2. The van der Waals surface area contributed by atoms with Crippen molar-refractivity contribution < 1.29 is 9.50 Å². The minimum Gasteiger partial charge on any atom is -0.505 e. The third-order valence-electron chi connectivity index (χ3n) is 1.96. The van der Waals surface area contributed by atoms with Crippen LogP contribution < -0.4 is 11.5 Å². The summed E-state index contributed by atoms with van der Waals surface area (Å²) in [7, 11) is 0. The molecule has 1 aromatic rings. The van der Waals surface area contributed by atoms with Crippen molar-refractivity contribution in [3.8, 4) is 5.75 Å². The summed E-state index contributed by atoms with van der Waals surface area (Å²) in [6, 6.07) is 2.24. The maximum atomic E-state index is 13.0. The summed E-state index contributed by atoms with van der Waals surface area (Å²) in [4.78, 5) is 0. The molecule has 78 valence electrons. The second-order valence-corrected chi connectivity index (χ2v) is 3.83. The molecule has 5 heteroatoms. The van der Waals surface area contributed by atoms with E-state index in [1.165, 1.54) is 12.1 Å². The highest BCUT2D eigenvalue weighted by molar-refractivity contribution is 9.10. The third-order valence-corrected chi connectivity index (χ3v) is 2.65. The van der Waals surface area contributed by atoms with E-state index in [4.69, 9.17) is 11.5 Å². The van der Waals surface area contributed by atoms with E-state index in [9.17, 15) is 9.50 Å². The second-order valence-electron chi connectivity index (χ2n) is 2.98. The van der Waals surface area contributed by atoms with E-state index in [1.807, 2.05) is 0 Å². The van der Waals surface area contributed by atoms with Gasteiger partial charge < -0.3 is 16.6 Å². The number of benzene rings is 1. The van der Waals surface area contributed by atoms with Crippen LogP contribution in [0.5, 0.6) is 5.75 Å². The third kappa shape index (κ3) is 2.23. The molecule has 1 aromatic carbocycles. The molecular formula is C9H12BrFN2O. The van der Waals surface area contributed by atoms with Gasteiger partial charge in [0.15, 0.2) is 11.6 Å². The van der Waals surface area contributed by atoms with E-state index in [2.05, 4.69) is 15.9 Å². The van der Waals surface area contributed by atoms with Crippen LogP contribution in [0.1, 0.15) is 18.0 Å². The van der Waals surface area contributed by atoms with Crippen molar-refractivity contribution in [2.75, 3.05) is 6.54 Å². The first-order valence-corrected chi connectivity index (χ1v) is 4.99. The van der Waals surface area contributed by atoms with Crippen molar-refractivity contribution in [2.24, 2.45) is 11.5 Å². The van der Waals surface area contributed by atoms with Gasteiger partial charge in [0.1, 0.15) is 0 Å². The minimum atomic E-state index is -0.671. The van der Waals surface area contributed by atoms with Crippen molar-refractivity contribution >= 4 is 15.9 Å². The van der Waals surface area contributed by atoms with Gasteiger partial charge in [-0.25, -0.2) is 4.39 Å². The quantitative estimate of drug-likeness (QED) is 0.776. The Morgan fingerprint density at radius 2 is 2.14 bits per heavy atom. The SMILES string of the molecule is NCC[C@@H](N)c1c(Br)ccc(F)c1O. The van der Waals surface area contributed by atoms with E-state index in [0.717, 1.165) is 0 Å². The number of phenolic OH excluding ortho intramolecular Hbond substituents is 1. The van der Waals surface area contributed by atoms with E-state index in [-0.39, 0.29) is 0 Å². The van der Waals surface area contributed by atoms with Crippen LogP contribution in [0.3, 0.4) is 0 Å². The first kappa shape index (κ1) is 11.4. The van der Waals surface area contributed by atoms with Gasteiger partial charge in [-0.1, -0.05) is 15.9 Å². The lowest BCUT2D eigenvalue weighted by atomic mass is 10.0. The topological polar surface area (TPSA) is 72.3 Å². The molecule has 0 bridgehead atoms. The molecule has 14 heavy (non-hydrogen) atoms. The van der Waals surface area contributed by atoms with Crippen molar-refractivity contribution in [3.63, 3.8) is 0 Å². The van der Waals surface area contributed by atoms with Crippen LogP contribution in [-0.2, 0) is 0 Å². The molecule has 0 aliphatic carbocycles. The number of aromatic hydroxyl groups is 1. The zero-order valence-corrected chi connectivity index (χ0v) is 9.09. The van der Waals surface area contributed by atoms with E-state index in [1.54, 1.807) is 0 Å². The zero-order chi connectivity index (χ0) is 10.7. The molecule has 1 atom stereocenters. The average Bonchev–Trinajstić information content (AvgIpc) is 2.13. The monoisotopic (exact) mass is 262 g/mol. The number of phenols is 1. The molecule has 0 spiro atoms. The predicted molar refractivity (Wildman–Crippen MR) is 56.4 cm³/mol. The molecule has 0 radical (unpaired) electrons. The second kappa shape index (κ2) is 4.72. The molecule has 0 saturated carbocycles. The normalized spacial score (nSPS) is 12.9. The molecule has 1 rings (SSSR count). The Morgan fingerprint density at radius 1 is 1.50 bits per heavy atom. The van der Waals surface area contributed by atoms with Crippen LogP contribution in [0.25, 0.3) is 0 Å². The summed E-state index contributed by atoms with van der Waals surface area (Å²) in [6.07, 6.45) is 0.496. The van der Waals surface area contributed by atoms with Gasteiger partial charge in [0.25, 0.3) is 0 Å². The Kier molecular flexibility index (Phi) is 3.86. The van der Waals surface area contributed by atoms with Crippen molar-refractivity contribution in [1.82, 2.24) is 0 Å². The molecular weight excluding hydrogens is 251 g/mol. The molecule has 0 unspecified atom stereocenters. The Balaban J connectivity index is 3.11. The number of hydrogen-bond donors (Lipinski definition) is 3. The molecule has 5 N–H and O–H groups in total. The lowest BCUT2D eigenvalue weighted by Gasteiger charge is -2.14. The van der Waals surface area contributed by atoms with Gasteiger partial charge in [-0.15, -0.1) is 0 Å². The highest BCUT2D eigenvalue weighted by atomic mass is 79.9.